The summed E-state index contributed by atoms with van der Waals surface area (Å²) in [5.41, 5.74) is 0.713. The summed E-state index contributed by atoms with van der Waals surface area (Å²) in [6.07, 6.45) is 1.57. The summed E-state index contributed by atoms with van der Waals surface area (Å²) in [4.78, 5) is 22.0. The quantitative estimate of drug-likeness (QED) is 0.356. The van der Waals surface area contributed by atoms with Gasteiger partial charge >= 0.3 is 5.88 Å². The molecule has 0 N–H and O–H groups in total. The minimum absolute atomic E-state index is 0.115. The molecule has 112 valence electrons. The van der Waals surface area contributed by atoms with E-state index < -0.39 is 16.6 Å². The highest BCUT2D eigenvalue weighted by molar-refractivity contribution is 9.12. The number of Topliss-reactive ketones (excluding diaryl/α,β-unsaturated/α-hetero) is 1. The van der Waals surface area contributed by atoms with Crippen LogP contribution in [0.15, 0.2) is 39.2 Å². The van der Waals surface area contributed by atoms with Gasteiger partial charge < -0.3 is 13.9 Å². The number of rotatable bonds is 4. The van der Waals surface area contributed by atoms with Gasteiger partial charge in [-0.15, -0.1) is 0 Å². The second kappa shape index (κ2) is 5.64. The van der Waals surface area contributed by atoms with Crippen LogP contribution in [0.1, 0.15) is 16.1 Å². The van der Waals surface area contributed by atoms with Crippen molar-refractivity contribution in [2.24, 2.45) is 0 Å². The van der Waals surface area contributed by atoms with Gasteiger partial charge in [-0.2, -0.15) is 0 Å². The van der Waals surface area contributed by atoms with Crippen molar-refractivity contribution >= 4 is 33.7 Å². The monoisotopic (exact) mass is 365 g/mol. The molecular weight excluding hydrogens is 358 g/mol. The van der Waals surface area contributed by atoms with Gasteiger partial charge in [0, 0.05) is 0 Å². The Morgan fingerprint density at radius 3 is 2.73 bits per heavy atom. The number of nitro groups is 1. The van der Waals surface area contributed by atoms with Gasteiger partial charge in [-0.25, -0.2) is 0 Å². The molecule has 0 saturated heterocycles. The topological polar surface area (TPSA) is 91.8 Å². The summed E-state index contributed by atoms with van der Waals surface area (Å²) in [5, 5.41) is 10.6. The summed E-state index contributed by atoms with van der Waals surface area (Å²) in [5.74, 6) is 0.143. The van der Waals surface area contributed by atoms with Crippen LogP contribution >= 0.6 is 15.9 Å². The molecule has 3 rings (SSSR count). The van der Waals surface area contributed by atoms with Gasteiger partial charge in [-0.1, -0.05) is 6.07 Å². The van der Waals surface area contributed by atoms with Crippen LogP contribution in [0, 0.1) is 10.1 Å². The van der Waals surface area contributed by atoms with Gasteiger partial charge in [-0.3, -0.25) is 14.9 Å². The molecule has 0 saturated carbocycles. The van der Waals surface area contributed by atoms with E-state index in [0.717, 1.165) is 6.07 Å². The standard InChI is InChI=1S/C14H8BrNO6/c15-9(14(17)11-3-4-13(22-11)16(18)19)5-8-1-2-10-12(6-8)21-7-20-10/h1-6H,7H2/b9-5+. The molecule has 0 unspecified atom stereocenters. The number of nitrogens with zero attached hydrogens (tertiary/aromatic N) is 1. The fourth-order valence-electron chi connectivity index (χ4n) is 1.88. The second-order valence-electron chi connectivity index (χ2n) is 4.33. The van der Waals surface area contributed by atoms with Crippen LogP contribution in [0.5, 0.6) is 11.5 Å². The molecule has 2 heterocycles. The molecule has 1 aromatic heterocycles. The van der Waals surface area contributed by atoms with E-state index in [9.17, 15) is 14.9 Å². The Balaban J connectivity index is 1.84. The highest BCUT2D eigenvalue weighted by Crippen LogP contribution is 2.33. The van der Waals surface area contributed by atoms with Crippen molar-refractivity contribution in [3.8, 4) is 11.5 Å². The molecule has 0 amide bonds. The second-order valence-corrected chi connectivity index (χ2v) is 5.18. The smallest absolute Gasteiger partial charge is 0.433 e. The van der Waals surface area contributed by atoms with Gasteiger partial charge in [-0.05, 0) is 45.8 Å². The average molecular weight is 366 g/mol. The predicted molar refractivity (Wildman–Crippen MR) is 79.2 cm³/mol. The molecule has 1 aromatic carbocycles. The number of allylic oxidation sites excluding steroid dienone is 1. The van der Waals surface area contributed by atoms with E-state index in [4.69, 9.17) is 13.9 Å². The first-order valence-electron chi connectivity index (χ1n) is 6.10. The number of hydrogen-bond donors (Lipinski definition) is 0. The third-order valence-corrected chi connectivity index (χ3v) is 3.49. The van der Waals surface area contributed by atoms with Gasteiger partial charge in [0.05, 0.1) is 10.5 Å². The lowest BCUT2D eigenvalue weighted by Crippen LogP contribution is -1.96. The third-order valence-electron chi connectivity index (χ3n) is 2.90. The molecule has 1 aliphatic rings. The maximum atomic E-state index is 12.1. The van der Waals surface area contributed by atoms with Crippen LogP contribution < -0.4 is 9.47 Å². The zero-order valence-electron chi connectivity index (χ0n) is 10.9. The van der Waals surface area contributed by atoms with Gasteiger partial charge in [0.1, 0.15) is 4.92 Å². The van der Waals surface area contributed by atoms with Gasteiger partial charge in [0.15, 0.2) is 17.3 Å². The average Bonchev–Trinajstić information content (AvgIpc) is 3.15. The molecule has 1 aliphatic heterocycles. The number of benzene rings is 1. The van der Waals surface area contributed by atoms with E-state index in [1.807, 2.05) is 0 Å². The number of fused-ring (bicyclic) bond motifs is 1. The third kappa shape index (κ3) is 2.73. The van der Waals surface area contributed by atoms with Crippen molar-refractivity contribution < 1.29 is 23.6 Å². The van der Waals surface area contributed by atoms with Crippen molar-refractivity contribution in [3.63, 3.8) is 0 Å². The van der Waals surface area contributed by atoms with Crippen LogP contribution in [0.25, 0.3) is 6.08 Å². The molecule has 0 spiro atoms. The number of halogens is 1. The summed E-state index contributed by atoms with van der Waals surface area (Å²) >= 11 is 3.15. The van der Waals surface area contributed by atoms with Crippen LogP contribution in [-0.4, -0.2) is 17.5 Å². The van der Waals surface area contributed by atoms with Crippen molar-refractivity contribution in [3.05, 3.63) is 56.3 Å². The number of ether oxygens (including phenoxy) is 2. The van der Waals surface area contributed by atoms with E-state index >= 15 is 0 Å². The summed E-state index contributed by atoms with van der Waals surface area (Å²) in [6.45, 7) is 0.165. The van der Waals surface area contributed by atoms with Crippen molar-refractivity contribution in [2.75, 3.05) is 6.79 Å². The molecule has 0 atom stereocenters. The van der Waals surface area contributed by atoms with Crippen LogP contribution in [0.3, 0.4) is 0 Å². The van der Waals surface area contributed by atoms with E-state index in [1.54, 1.807) is 24.3 Å². The van der Waals surface area contributed by atoms with Crippen LogP contribution in [-0.2, 0) is 0 Å². The number of carbonyl (C=O) groups excluding carboxylic acids is 1. The van der Waals surface area contributed by atoms with Gasteiger partial charge in [0.2, 0.25) is 12.6 Å². The molecule has 2 aromatic rings. The Bertz CT molecular complexity index is 794. The summed E-state index contributed by atoms with van der Waals surface area (Å²) in [6, 6.07) is 7.61. The Kier molecular flexibility index (Phi) is 3.68. The van der Waals surface area contributed by atoms with Crippen LogP contribution in [0.4, 0.5) is 5.88 Å². The zero-order chi connectivity index (χ0) is 15.7. The normalized spacial score (nSPS) is 13.2. The maximum Gasteiger partial charge on any atom is 0.433 e. The number of hydrogen-bond acceptors (Lipinski definition) is 6. The molecule has 0 radical (unpaired) electrons. The van der Waals surface area contributed by atoms with E-state index in [2.05, 4.69) is 15.9 Å². The predicted octanol–water partition coefficient (Wildman–Crippen LogP) is 3.54. The minimum atomic E-state index is -0.702. The lowest BCUT2D eigenvalue weighted by molar-refractivity contribution is -0.402. The van der Waals surface area contributed by atoms with E-state index in [1.165, 1.54) is 6.07 Å². The van der Waals surface area contributed by atoms with E-state index in [-0.39, 0.29) is 17.0 Å². The first-order chi connectivity index (χ1) is 10.5. The van der Waals surface area contributed by atoms with Crippen molar-refractivity contribution in [2.45, 2.75) is 0 Å². The Hall–Kier alpha value is -2.61. The van der Waals surface area contributed by atoms with Crippen molar-refractivity contribution in [1.29, 1.82) is 0 Å². The SMILES string of the molecule is O=C(/C(Br)=C\c1ccc2c(c1)OCO2)c1ccc([N+](=O)[O-])o1. The Morgan fingerprint density at radius 2 is 2.00 bits per heavy atom. The number of furan rings is 1. The summed E-state index contributed by atoms with van der Waals surface area (Å²) < 4.78 is 15.5. The lowest BCUT2D eigenvalue weighted by atomic mass is 10.1. The highest BCUT2D eigenvalue weighted by Gasteiger charge is 2.19. The van der Waals surface area contributed by atoms with E-state index in [0.29, 0.717) is 17.1 Å². The first kappa shape index (κ1) is 14.3. The molecule has 0 bridgehead atoms. The largest absolute Gasteiger partial charge is 0.454 e. The van der Waals surface area contributed by atoms with Gasteiger partial charge in [0.25, 0.3) is 0 Å². The minimum Gasteiger partial charge on any atom is -0.454 e. The Morgan fingerprint density at radius 1 is 1.23 bits per heavy atom. The fourth-order valence-corrected chi connectivity index (χ4v) is 2.34. The maximum absolute atomic E-state index is 12.1. The molecular formula is C14H8BrNO6. The molecule has 22 heavy (non-hydrogen) atoms. The van der Waals surface area contributed by atoms with Crippen LogP contribution in [0.2, 0.25) is 0 Å². The molecule has 0 fully saturated rings. The Labute approximate surface area is 132 Å². The zero-order valence-corrected chi connectivity index (χ0v) is 12.5. The number of carbonyl (C=O) groups is 1. The first-order valence-corrected chi connectivity index (χ1v) is 6.89. The fraction of sp³-hybridized carbons (Fsp3) is 0.0714. The summed E-state index contributed by atoms with van der Waals surface area (Å²) in [7, 11) is 0. The number of ketones is 1. The molecule has 7 nitrogen and oxygen atoms in total. The van der Waals surface area contributed by atoms with Crippen molar-refractivity contribution in [1.82, 2.24) is 0 Å². The lowest BCUT2D eigenvalue weighted by Gasteiger charge is -1.99. The molecule has 8 heteroatoms. The highest BCUT2D eigenvalue weighted by atomic mass is 79.9. The molecule has 0 aliphatic carbocycles.